The second kappa shape index (κ2) is 5.85. The van der Waals surface area contributed by atoms with Crippen LogP contribution in [0.1, 0.15) is 24.4 Å². The third-order valence-electron chi connectivity index (χ3n) is 3.03. The Balaban J connectivity index is 1.92. The first-order valence-corrected chi connectivity index (χ1v) is 6.72. The van der Waals surface area contributed by atoms with E-state index in [2.05, 4.69) is 33.0 Å². The summed E-state index contributed by atoms with van der Waals surface area (Å²) in [4.78, 5) is 13.9. The van der Waals surface area contributed by atoms with Gasteiger partial charge in [-0.2, -0.15) is 11.3 Å². The molecule has 1 aliphatic rings. The number of terminal acetylenes is 1. The number of nitrogens with zero attached hydrogens (tertiary/aromatic N) is 1. The molecule has 0 spiro atoms. The van der Waals surface area contributed by atoms with Crippen molar-refractivity contribution < 1.29 is 4.79 Å². The van der Waals surface area contributed by atoms with E-state index >= 15 is 0 Å². The average Bonchev–Trinajstić information content (AvgIpc) is 2.95. The largest absolute Gasteiger partial charge is 0.344 e. The molecule has 4 heteroatoms. The lowest BCUT2D eigenvalue weighted by atomic mass is 10.1. The van der Waals surface area contributed by atoms with Crippen LogP contribution in [0.5, 0.6) is 0 Å². The molecule has 1 saturated heterocycles. The van der Waals surface area contributed by atoms with Crippen LogP contribution in [0.25, 0.3) is 0 Å². The van der Waals surface area contributed by atoms with Crippen LogP contribution in [-0.2, 0) is 4.79 Å². The third-order valence-corrected chi connectivity index (χ3v) is 3.73. The molecule has 2 heterocycles. The van der Waals surface area contributed by atoms with Crippen LogP contribution >= 0.6 is 11.3 Å². The normalized spacial score (nSPS) is 20.1. The van der Waals surface area contributed by atoms with Crippen molar-refractivity contribution in [3.8, 4) is 12.3 Å². The fourth-order valence-corrected chi connectivity index (χ4v) is 2.95. The fourth-order valence-electron chi connectivity index (χ4n) is 2.25. The van der Waals surface area contributed by atoms with Crippen molar-refractivity contribution in [3.63, 3.8) is 0 Å². The topological polar surface area (TPSA) is 32.3 Å². The molecule has 0 bridgehead atoms. The van der Waals surface area contributed by atoms with Crippen molar-refractivity contribution in [1.29, 1.82) is 0 Å². The highest BCUT2D eigenvalue weighted by Crippen LogP contribution is 2.32. The standard InChI is InChI=1S/C13H16N2OS/c1-2-6-14-13(16)9-15-7-3-4-12(15)11-5-8-17-10-11/h1,5,8,10,12H,3-4,6-7,9H2,(H,14,16)/t12-/m1/s1. The number of hydrogen-bond acceptors (Lipinski definition) is 3. The van der Waals surface area contributed by atoms with Crippen molar-refractivity contribution >= 4 is 17.2 Å². The summed E-state index contributed by atoms with van der Waals surface area (Å²) in [5.41, 5.74) is 1.33. The van der Waals surface area contributed by atoms with E-state index in [1.165, 1.54) is 5.56 Å². The Bertz CT molecular complexity index is 408. The zero-order chi connectivity index (χ0) is 12.1. The van der Waals surface area contributed by atoms with Gasteiger partial charge >= 0.3 is 0 Å². The highest BCUT2D eigenvalue weighted by Gasteiger charge is 2.27. The third kappa shape index (κ3) is 3.09. The van der Waals surface area contributed by atoms with Crippen molar-refractivity contribution in [1.82, 2.24) is 10.2 Å². The van der Waals surface area contributed by atoms with E-state index in [0.29, 0.717) is 19.1 Å². The highest BCUT2D eigenvalue weighted by molar-refractivity contribution is 7.07. The van der Waals surface area contributed by atoms with Crippen LogP contribution in [0.2, 0.25) is 0 Å². The van der Waals surface area contributed by atoms with Crippen molar-refractivity contribution in [2.24, 2.45) is 0 Å². The summed E-state index contributed by atoms with van der Waals surface area (Å²) >= 11 is 1.71. The number of rotatable bonds is 4. The van der Waals surface area contributed by atoms with E-state index in [1.807, 2.05) is 0 Å². The van der Waals surface area contributed by atoms with E-state index in [4.69, 9.17) is 6.42 Å². The molecular weight excluding hydrogens is 232 g/mol. The first-order chi connectivity index (χ1) is 8.31. The summed E-state index contributed by atoms with van der Waals surface area (Å²) in [5.74, 6) is 2.43. The summed E-state index contributed by atoms with van der Waals surface area (Å²) < 4.78 is 0. The first kappa shape index (κ1) is 12.2. The van der Waals surface area contributed by atoms with Crippen LogP contribution in [0, 0.1) is 12.3 Å². The van der Waals surface area contributed by atoms with Gasteiger partial charge in [0.2, 0.25) is 5.91 Å². The van der Waals surface area contributed by atoms with Gasteiger partial charge in [0.05, 0.1) is 13.1 Å². The Hall–Kier alpha value is -1.31. The fraction of sp³-hybridized carbons (Fsp3) is 0.462. The minimum atomic E-state index is 0.0186. The van der Waals surface area contributed by atoms with Crippen molar-refractivity contribution in [3.05, 3.63) is 22.4 Å². The minimum absolute atomic E-state index is 0.0186. The van der Waals surface area contributed by atoms with E-state index in [0.717, 1.165) is 19.4 Å². The number of amides is 1. The predicted molar refractivity (Wildman–Crippen MR) is 69.7 cm³/mol. The molecule has 3 nitrogen and oxygen atoms in total. The summed E-state index contributed by atoms with van der Waals surface area (Å²) in [6.07, 6.45) is 7.41. The quantitative estimate of drug-likeness (QED) is 0.822. The number of hydrogen-bond donors (Lipinski definition) is 1. The molecule has 0 aliphatic carbocycles. The smallest absolute Gasteiger partial charge is 0.234 e. The van der Waals surface area contributed by atoms with Crippen LogP contribution in [0.15, 0.2) is 16.8 Å². The number of nitrogens with one attached hydrogen (secondary N) is 1. The maximum Gasteiger partial charge on any atom is 0.234 e. The Morgan fingerprint density at radius 1 is 1.71 bits per heavy atom. The van der Waals surface area contributed by atoms with Gasteiger partial charge in [0.15, 0.2) is 0 Å². The van der Waals surface area contributed by atoms with Gasteiger partial charge in [0.1, 0.15) is 0 Å². The van der Waals surface area contributed by atoms with Gasteiger partial charge in [-0.3, -0.25) is 9.69 Å². The van der Waals surface area contributed by atoms with Gasteiger partial charge < -0.3 is 5.32 Å². The van der Waals surface area contributed by atoms with Crippen LogP contribution in [0.3, 0.4) is 0 Å². The lowest BCUT2D eigenvalue weighted by Crippen LogP contribution is -2.36. The van der Waals surface area contributed by atoms with Gasteiger partial charge in [-0.1, -0.05) is 5.92 Å². The van der Waals surface area contributed by atoms with E-state index in [1.54, 1.807) is 11.3 Å². The molecule has 1 aliphatic heterocycles. The average molecular weight is 248 g/mol. The number of carbonyl (C=O) groups excluding carboxylic acids is 1. The minimum Gasteiger partial charge on any atom is -0.344 e. The Morgan fingerprint density at radius 2 is 2.59 bits per heavy atom. The molecule has 90 valence electrons. The number of likely N-dealkylation sites (tertiary alicyclic amines) is 1. The van der Waals surface area contributed by atoms with Gasteiger partial charge in [-0.05, 0) is 41.8 Å². The maximum absolute atomic E-state index is 11.6. The molecule has 0 saturated carbocycles. The molecule has 1 aromatic heterocycles. The number of thiophene rings is 1. The van der Waals surface area contributed by atoms with Crippen molar-refractivity contribution in [2.45, 2.75) is 18.9 Å². The molecule has 17 heavy (non-hydrogen) atoms. The van der Waals surface area contributed by atoms with Crippen LogP contribution in [0.4, 0.5) is 0 Å². The van der Waals surface area contributed by atoms with Gasteiger partial charge in [-0.15, -0.1) is 6.42 Å². The zero-order valence-corrected chi connectivity index (χ0v) is 10.5. The highest BCUT2D eigenvalue weighted by atomic mass is 32.1. The van der Waals surface area contributed by atoms with Crippen LogP contribution in [-0.4, -0.2) is 30.4 Å². The Labute approximate surface area is 106 Å². The molecule has 1 atom stereocenters. The molecule has 0 aromatic carbocycles. The Kier molecular flexibility index (Phi) is 4.18. The monoisotopic (exact) mass is 248 g/mol. The summed E-state index contributed by atoms with van der Waals surface area (Å²) in [6, 6.07) is 2.55. The summed E-state index contributed by atoms with van der Waals surface area (Å²) in [7, 11) is 0. The van der Waals surface area contributed by atoms with Crippen LogP contribution < -0.4 is 5.32 Å². The predicted octanol–water partition coefficient (Wildman–Crippen LogP) is 1.63. The first-order valence-electron chi connectivity index (χ1n) is 5.77. The number of carbonyl (C=O) groups is 1. The molecule has 0 radical (unpaired) electrons. The van der Waals surface area contributed by atoms with E-state index in [-0.39, 0.29) is 5.91 Å². The maximum atomic E-state index is 11.6. The Morgan fingerprint density at radius 3 is 3.29 bits per heavy atom. The molecule has 1 aromatic rings. The molecule has 1 fully saturated rings. The molecule has 1 N–H and O–H groups in total. The molecule has 1 amide bonds. The van der Waals surface area contributed by atoms with Crippen molar-refractivity contribution in [2.75, 3.05) is 19.6 Å². The second-order valence-electron chi connectivity index (χ2n) is 4.17. The lowest BCUT2D eigenvalue weighted by Gasteiger charge is -2.22. The lowest BCUT2D eigenvalue weighted by molar-refractivity contribution is -0.122. The zero-order valence-electron chi connectivity index (χ0n) is 9.69. The van der Waals surface area contributed by atoms with Gasteiger partial charge in [-0.25, -0.2) is 0 Å². The van der Waals surface area contributed by atoms with Gasteiger partial charge in [0.25, 0.3) is 0 Å². The molecule has 0 unspecified atom stereocenters. The molecule has 2 rings (SSSR count). The molecular formula is C13H16N2OS. The summed E-state index contributed by atoms with van der Waals surface area (Å²) in [6.45, 7) is 1.75. The van der Waals surface area contributed by atoms with Gasteiger partial charge in [0, 0.05) is 6.04 Å². The second-order valence-corrected chi connectivity index (χ2v) is 4.95. The van der Waals surface area contributed by atoms with E-state index in [9.17, 15) is 4.79 Å². The summed E-state index contributed by atoms with van der Waals surface area (Å²) in [5, 5.41) is 6.97. The SMILES string of the molecule is C#CCNC(=O)CN1CCC[C@@H]1c1ccsc1. The van der Waals surface area contributed by atoms with E-state index < -0.39 is 0 Å².